The zero-order valence-electron chi connectivity index (χ0n) is 10.5. The van der Waals surface area contributed by atoms with Crippen LogP contribution in [0.15, 0.2) is 16.5 Å². The predicted molar refractivity (Wildman–Crippen MR) is 65.3 cm³/mol. The Morgan fingerprint density at radius 3 is 2.31 bits per heavy atom. The van der Waals surface area contributed by atoms with Crippen LogP contribution in [-0.2, 0) is 13.0 Å². The zero-order valence-corrected chi connectivity index (χ0v) is 10.5. The van der Waals surface area contributed by atoms with Crippen molar-refractivity contribution in [1.82, 2.24) is 5.32 Å². The van der Waals surface area contributed by atoms with E-state index < -0.39 is 5.60 Å². The predicted octanol–water partition coefficient (Wildman–Crippen LogP) is 2.48. The van der Waals surface area contributed by atoms with Crippen LogP contribution in [0, 0.1) is 0 Å². The van der Waals surface area contributed by atoms with Crippen molar-refractivity contribution in [2.75, 3.05) is 6.54 Å². The van der Waals surface area contributed by atoms with Gasteiger partial charge in [-0.1, -0.05) is 20.8 Å². The first-order chi connectivity index (χ1) is 7.63. The first-order valence-corrected chi connectivity index (χ1v) is 6.14. The van der Waals surface area contributed by atoms with Crippen LogP contribution in [0.5, 0.6) is 0 Å². The van der Waals surface area contributed by atoms with Crippen LogP contribution < -0.4 is 5.32 Å². The molecule has 2 N–H and O–H groups in total. The third kappa shape index (κ3) is 3.65. The van der Waals surface area contributed by atoms with Crippen molar-refractivity contribution in [3.63, 3.8) is 0 Å². The lowest BCUT2D eigenvalue weighted by molar-refractivity contribution is 0.0319. The SMILES string of the molecule is CCc1ccc(CNCC(O)(CC)CC)o1. The summed E-state index contributed by atoms with van der Waals surface area (Å²) in [5, 5.41) is 13.3. The van der Waals surface area contributed by atoms with E-state index in [1.165, 1.54) is 0 Å². The molecule has 1 rings (SSSR count). The minimum atomic E-state index is -0.583. The molecule has 0 saturated carbocycles. The van der Waals surface area contributed by atoms with Gasteiger partial charge in [0.15, 0.2) is 0 Å². The molecule has 0 saturated heterocycles. The Hall–Kier alpha value is -0.800. The van der Waals surface area contributed by atoms with E-state index in [2.05, 4.69) is 12.2 Å². The fourth-order valence-electron chi connectivity index (χ4n) is 1.63. The summed E-state index contributed by atoms with van der Waals surface area (Å²) in [6.07, 6.45) is 2.47. The Morgan fingerprint density at radius 1 is 1.19 bits per heavy atom. The van der Waals surface area contributed by atoms with Crippen LogP contribution >= 0.6 is 0 Å². The lowest BCUT2D eigenvalue weighted by atomic mass is 9.98. The minimum Gasteiger partial charge on any atom is -0.465 e. The summed E-state index contributed by atoms with van der Waals surface area (Å²) in [6, 6.07) is 3.99. The van der Waals surface area contributed by atoms with Gasteiger partial charge in [0.2, 0.25) is 0 Å². The first kappa shape index (κ1) is 13.3. The molecule has 1 aromatic heterocycles. The average Bonchev–Trinajstić information content (AvgIpc) is 2.77. The third-order valence-electron chi connectivity index (χ3n) is 3.14. The lowest BCUT2D eigenvalue weighted by Crippen LogP contribution is -2.39. The molecule has 0 aliphatic rings. The molecule has 92 valence electrons. The highest BCUT2D eigenvalue weighted by Gasteiger charge is 2.21. The fraction of sp³-hybridized carbons (Fsp3) is 0.692. The van der Waals surface area contributed by atoms with Gasteiger partial charge < -0.3 is 14.8 Å². The van der Waals surface area contributed by atoms with Crippen LogP contribution in [0.1, 0.15) is 45.1 Å². The van der Waals surface area contributed by atoms with E-state index in [0.717, 1.165) is 30.8 Å². The number of rotatable bonds is 7. The van der Waals surface area contributed by atoms with Crippen molar-refractivity contribution >= 4 is 0 Å². The normalized spacial score (nSPS) is 12.0. The van der Waals surface area contributed by atoms with Crippen LogP contribution in [-0.4, -0.2) is 17.3 Å². The maximum atomic E-state index is 10.1. The van der Waals surface area contributed by atoms with Gasteiger partial charge in [0, 0.05) is 13.0 Å². The quantitative estimate of drug-likeness (QED) is 0.749. The molecule has 0 unspecified atom stereocenters. The summed E-state index contributed by atoms with van der Waals surface area (Å²) in [5.41, 5.74) is -0.583. The highest BCUT2D eigenvalue weighted by molar-refractivity contribution is 5.06. The molecule has 0 spiro atoms. The molecule has 0 aliphatic heterocycles. The molecular formula is C13H23NO2. The average molecular weight is 225 g/mol. The number of hydrogen-bond donors (Lipinski definition) is 2. The summed E-state index contributed by atoms with van der Waals surface area (Å²) in [4.78, 5) is 0. The van der Waals surface area contributed by atoms with E-state index in [1.54, 1.807) is 0 Å². The Bertz CT molecular complexity index is 303. The van der Waals surface area contributed by atoms with Crippen molar-refractivity contribution in [3.8, 4) is 0 Å². The fourth-order valence-corrected chi connectivity index (χ4v) is 1.63. The van der Waals surface area contributed by atoms with E-state index in [0.29, 0.717) is 13.1 Å². The molecule has 0 fully saturated rings. The number of aliphatic hydroxyl groups is 1. The molecule has 0 bridgehead atoms. The smallest absolute Gasteiger partial charge is 0.117 e. The standard InChI is InChI=1S/C13H23NO2/c1-4-11-7-8-12(16-11)9-14-10-13(15,5-2)6-3/h7-8,14-15H,4-6,9-10H2,1-3H3. The Morgan fingerprint density at radius 2 is 1.81 bits per heavy atom. The van der Waals surface area contributed by atoms with Gasteiger partial charge in [-0.05, 0) is 25.0 Å². The van der Waals surface area contributed by atoms with Crippen LogP contribution in [0.4, 0.5) is 0 Å². The van der Waals surface area contributed by atoms with E-state index in [9.17, 15) is 5.11 Å². The zero-order chi connectivity index (χ0) is 12.0. The van der Waals surface area contributed by atoms with Gasteiger partial charge in [-0.25, -0.2) is 0 Å². The maximum Gasteiger partial charge on any atom is 0.117 e. The summed E-state index contributed by atoms with van der Waals surface area (Å²) in [6.45, 7) is 7.38. The highest BCUT2D eigenvalue weighted by Crippen LogP contribution is 2.13. The molecule has 0 radical (unpaired) electrons. The number of aryl methyl sites for hydroxylation is 1. The van der Waals surface area contributed by atoms with Gasteiger partial charge in [-0.15, -0.1) is 0 Å². The summed E-state index contributed by atoms with van der Waals surface area (Å²) in [7, 11) is 0. The van der Waals surface area contributed by atoms with Crippen molar-refractivity contribution in [2.24, 2.45) is 0 Å². The Kier molecular flexibility index (Phi) is 5.03. The molecule has 3 heteroatoms. The second-order valence-electron chi connectivity index (χ2n) is 4.26. The molecule has 0 aliphatic carbocycles. The van der Waals surface area contributed by atoms with Crippen molar-refractivity contribution < 1.29 is 9.52 Å². The molecular weight excluding hydrogens is 202 g/mol. The van der Waals surface area contributed by atoms with Crippen LogP contribution in [0.2, 0.25) is 0 Å². The Balaban J connectivity index is 2.35. The first-order valence-electron chi connectivity index (χ1n) is 6.14. The van der Waals surface area contributed by atoms with Crippen molar-refractivity contribution in [2.45, 2.75) is 52.2 Å². The van der Waals surface area contributed by atoms with Gasteiger partial charge >= 0.3 is 0 Å². The molecule has 0 amide bonds. The van der Waals surface area contributed by atoms with E-state index in [-0.39, 0.29) is 0 Å². The van der Waals surface area contributed by atoms with Crippen molar-refractivity contribution in [1.29, 1.82) is 0 Å². The summed E-state index contributed by atoms with van der Waals surface area (Å²) >= 11 is 0. The van der Waals surface area contributed by atoms with Crippen LogP contribution in [0.3, 0.4) is 0 Å². The number of furan rings is 1. The molecule has 16 heavy (non-hydrogen) atoms. The van der Waals surface area contributed by atoms with Gasteiger partial charge in [-0.3, -0.25) is 0 Å². The molecule has 1 aromatic rings. The largest absolute Gasteiger partial charge is 0.465 e. The van der Waals surface area contributed by atoms with Gasteiger partial charge in [0.25, 0.3) is 0 Å². The number of nitrogens with one attached hydrogen (secondary N) is 1. The van der Waals surface area contributed by atoms with E-state index >= 15 is 0 Å². The molecule has 0 aromatic carbocycles. The number of hydrogen-bond acceptors (Lipinski definition) is 3. The van der Waals surface area contributed by atoms with Gasteiger partial charge in [0.05, 0.1) is 12.1 Å². The summed E-state index contributed by atoms with van der Waals surface area (Å²) < 4.78 is 5.57. The minimum absolute atomic E-state index is 0.583. The summed E-state index contributed by atoms with van der Waals surface area (Å²) in [5.74, 6) is 1.95. The third-order valence-corrected chi connectivity index (χ3v) is 3.14. The maximum absolute atomic E-state index is 10.1. The molecule has 0 atom stereocenters. The lowest BCUT2D eigenvalue weighted by Gasteiger charge is -2.25. The Labute approximate surface area is 97.9 Å². The topological polar surface area (TPSA) is 45.4 Å². The van der Waals surface area contributed by atoms with Gasteiger partial charge in [0.1, 0.15) is 11.5 Å². The molecule has 1 heterocycles. The monoisotopic (exact) mass is 225 g/mol. The van der Waals surface area contributed by atoms with E-state index in [1.807, 2.05) is 26.0 Å². The van der Waals surface area contributed by atoms with Crippen LogP contribution in [0.25, 0.3) is 0 Å². The second-order valence-corrected chi connectivity index (χ2v) is 4.26. The van der Waals surface area contributed by atoms with Gasteiger partial charge in [-0.2, -0.15) is 0 Å². The van der Waals surface area contributed by atoms with E-state index in [4.69, 9.17) is 4.42 Å². The van der Waals surface area contributed by atoms with Crippen molar-refractivity contribution in [3.05, 3.63) is 23.7 Å². The molecule has 3 nitrogen and oxygen atoms in total. The second kappa shape index (κ2) is 6.06. The highest BCUT2D eigenvalue weighted by atomic mass is 16.3.